The Kier molecular flexibility index (Phi) is 10.8. The normalized spacial score (nSPS) is 27.7. The van der Waals surface area contributed by atoms with Gasteiger partial charge >= 0.3 is 49.7 Å². The molecule has 14 heteroatoms. The minimum absolute atomic E-state index is 0.261. The fourth-order valence-corrected chi connectivity index (χ4v) is 24.9. The van der Waals surface area contributed by atoms with Gasteiger partial charge in [-0.3, -0.25) is 4.79 Å². The molecule has 0 saturated carbocycles. The third-order valence-corrected chi connectivity index (χ3v) is 23.4. The van der Waals surface area contributed by atoms with Gasteiger partial charge in [-0.05, 0) is 45.7 Å². The smallest absolute Gasteiger partial charge is 0.465 e. The highest BCUT2D eigenvalue weighted by Crippen LogP contribution is 2.31. The van der Waals surface area contributed by atoms with Crippen LogP contribution in [0.15, 0.2) is 0 Å². The molecule has 0 aliphatic carbocycles. The lowest BCUT2D eigenvalue weighted by atomic mass is 10.2. The van der Waals surface area contributed by atoms with Crippen LogP contribution in [-0.4, -0.2) is 77.7 Å². The Morgan fingerprint density at radius 2 is 1.53 bits per heavy atom. The molecule has 0 amide bonds. The Morgan fingerprint density at radius 3 is 2.07 bits per heavy atom. The zero-order valence-electron chi connectivity index (χ0n) is 20.2. The largest absolute Gasteiger partial charge is 0.500 e. The fourth-order valence-electron chi connectivity index (χ4n) is 3.84. The van der Waals surface area contributed by atoms with Crippen LogP contribution in [0.2, 0.25) is 51.4 Å². The van der Waals surface area contributed by atoms with Gasteiger partial charge in [0.05, 0.1) is 12.5 Å². The standard InChI is InChI=1S/C16H40O9Si5/c1-15(16(17)21-12-11-13-30(18-2,19-3)20-4)14-29(10)23-26(5)22-27(6,7)24-28(8,9)25-29/h15,26H,11-14H2,1-10H3. The van der Waals surface area contributed by atoms with E-state index in [1.54, 1.807) is 21.3 Å². The van der Waals surface area contributed by atoms with Crippen LogP contribution in [0.1, 0.15) is 13.3 Å². The first kappa shape index (κ1) is 28.3. The molecule has 0 radical (unpaired) electrons. The third kappa shape index (κ3) is 9.03. The Balaban J connectivity index is 2.64. The highest BCUT2D eigenvalue weighted by atomic mass is 28.5. The van der Waals surface area contributed by atoms with Crippen molar-refractivity contribution in [3.8, 4) is 0 Å². The average Bonchev–Trinajstić information content (AvgIpc) is 2.58. The predicted molar refractivity (Wildman–Crippen MR) is 125 cm³/mol. The van der Waals surface area contributed by atoms with Crippen molar-refractivity contribution in [1.82, 2.24) is 0 Å². The molecule has 0 bridgehead atoms. The first-order chi connectivity index (χ1) is 13.7. The molecule has 1 aliphatic rings. The van der Waals surface area contributed by atoms with Gasteiger partial charge in [0.1, 0.15) is 0 Å². The summed E-state index contributed by atoms with van der Waals surface area (Å²) in [6.45, 7) is 14.2. The molecule has 1 saturated heterocycles. The summed E-state index contributed by atoms with van der Waals surface area (Å²) in [4.78, 5) is 12.6. The average molecular weight is 517 g/mol. The molecule has 0 spiro atoms. The number of esters is 1. The fraction of sp³-hybridized carbons (Fsp3) is 0.938. The van der Waals surface area contributed by atoms with Gasteiger partial charge in [0, 0.05) is 33.4 Å². The Bertz CT molecular complexity index is 553. The van der Waals surface area contributed by atoms with E-state index in [9.17, 15) is 4.79 Å². The van der Waals surface area contributed by atoms with Crippen molar-refractivity contribution in [2.24, 2.45) is 5.92 Å². The SMILES string of the molecule is CO[Si](CCCOC(=O)C(C)C[Si]1(C)O[SiH](C)O[Si](C)(C)O[Si](C)(C)O1)(OC)OC. The molecule has 1 aliphatic heterocycles. The van der Waals surface area contributed by atoms with E-state index in [1.165, 1.54) is 0 Å². The molecule has 0 aromatic carbocycles. The van der Waals surface area contributed by atoms with Crippen molar-refractivity contribution < 1.29 is 39.3 Å². The summed E-state index contributed by atoms with van der Waals surface area (Å²) in [5, 5.41) is 0. The van der Waals surface area contributed by atoms with E-state index in [1.807, 2.05) is 46.2 Å². The lowest BCUT2D eigenvalue weighted by molar-refractivity contribution is -0.147. The van der Waals surface area contributed by atoms with Crippen molar-refractivity contribution in [3.05, 3.63) is 0 Å². The van der Waals surface area contributed by atoms with E-state index in [4.69, 9.17) is 34.5 Å². The minimum Gasteiger partial charge on any atom is -0.465 e. The number of hydrogen-bond acceptors (Lipinski definition) is 9. The van der Waals surface area contributed by atoms with Crippen molar-refractivity contribution >= 4 is 49.7 Å². The summed E-state index contributed by atoms with van der Waals surface area (Å²) in [7, 11) is -7.22. The summed E-state index contributed by atoms with van der Waals surface area (Å²) < 4.78 is 46.9. The molecule has 0 aromatic rings. The zero-order chi connectivity index (χ0) is 23.2. The van der Waals surface area contributed by atoms with Crippen molar-refractivity contribution in [3.63, 3.8) is 0 Å². The zero-order valence-corrected chi connectivity index (χ0v) is 25.3. The van der Waals surface area contributed by atoms with Gasteiger partial charge in [-0.25, -0.2) is 0 Å². The summed E-state index contributed by atoms with van der Waals surface area (Å²) in [6, 6.07) is 1.08. The maximum absolute atomic E-state index is 12.6. The molecule has 1 fully saturated rings. The highest BCUT2D eigenvalue weighted by Gasteiger charge is 2.49. The summed E-state index contributed by atoms with van der Waals surface area (Å²) in [5.74, 6) is -0.602. The topological polar surface area (TPSA) is 90.9 Å². The molecule has 0 aromatic heterocycles. The van der Waals surface area contributed by atoms with Crippen molar-refractivity contribution in [2.75, 3.05) is 27.9 Å². The second-order valence-electron chi connectivity index (χ2n) is 8.61. The summed E-state index contributed by atoms with van der Waals surface area (Å²) >= 11 is 0. The Morgan fingerprint density at radius 1 is 0.967 bits per heavy atom. The van der Waals surface area contributed by atoms with Crippen LogP contribution in [0.4, 0.5) is 0 Å². The second kappa shape index (κ2) is 11.4. The Labute approximate surface area is 187 Å². The number of rotatable bonds is 10. The maximum atomic E-state index is 12.6. The molecule has 30 heavy (non-hydrogen) atoms. The van der Waals surface area contributed by atoms with E-state index in [2.05, 4.69) is 0 Å². The lowest BCUT2D eigenvalue weighted by Crippen LogP contribution is -2.62. The van der Waals surface area contributed by atoms with E-state index in [0.717, 1.165) is 0 Å². The van der Waals surface area contributed by atoms with Gasteiger partial charge in [-0.2, -0.15) is 0 Å². The van der Waals surface area contributed by atoms with Crippen LogP contribution >= 0.6 is 0 Å². The number of carbonyl (C=O) groups is 1. The highest BCUT2D eigenvalue weighted by molar-refractivity contribution is 6.89. The van der Waals surface area contributed by atoms with Crippen LogP contribution in [0.5, 0.6) is 0 Å². The quantitative estimate of drug-likeness (QED) is 0.247. The summed E-state index contributed by atoms with van der Waals surface area (Å²) in [6.07, 6.45) is 0.604. The molecule has 1 heterocycles. The maximum Gasteiger partial charge on any atom is 0.500 e. The lowest BCUT2D eigenvalue weighted by Gasteiger charge is -2.44. The van der Waals surface area contributed by atoms with E-state index < -0.39 is 43.8 Å². The molecular weight excluding hydrogens is 477 g/mol. The second-order valence-corrected chi connectivity index (χ2v) is 24.6. The first-order valence-corrected chi connectivity index (χ1v) is 22.5. The number of carbonyl (C=O) groups excluding carboxylic acids is 1. The molecule has 0 N–H and O–H groups in total. The molecule has 1 rings (SSSR count). The number of hydrogen-bond donors (Lipinski definition) is 0. The number of ether oxygens (including phenoxy) is 1. The molecule has 3 unspecified atom stereocenters. The van der Waals surface area contributed by atoms with Gasteiger partial charge in [-0.15, -0.1) is 0 Å². The van der Waals surface area contributed by atoms with E-state index >= 15 is 0 Å². The van der Waals surface area contributed by atoms with Crippen LogP contribution in [0, 0.1) is 5.92 Å². The Hall–Kier alpha value is 0.274. The van der Waals surface area contributed by atoms with Gasteiger partial charge in [0.15, 0.2) is 0 Å². The van der Waals surface area contributed by atoms with Crippen molar-refractivity contribution in [1.29, 1.82) is 0 Å². The van der Waals surface area contributed by atoms with Gasteiger partial charge in [-0.1, -0.05) is 6.92 Å². The summed E-state index contributed by atoms with van der Waals surface area (Å²) in [5.41, 5.74) is 0. The van der Waals surface area contributed by atoms with E-state index in [0.29, 0.717) is 18.5 Å². The van der Waals surface area contributed by atoms with Crippen molar-refractivity contribution in [2.45, 2.75) is 64.7 Å². The van der Waals surface area contributed by atoms with Crippen LogP contribution in [0.3, 0.4) is 0 Å². The van der Waals surface area contributed by atoms with Gasteiger partial charge in [0.2, 0.25) is 0 Å². The third-order valence-electron chi connectivity index (χ3n) is 4.70. The van der Waals surface area contributed by atoms with Crippen LogP contribution < -0.4 is 0 Å². The molecule has 9 nitrogen and oxygen atoms in total. The first-order valence-electron chi connectivity index (χ1n) is 10.3. The van der Waals surface area contributed by atoms with Crippen LogP contribution in [-0.2, 0) is 39.3 Å². The molecule has 178 valence electrons. The minimum atomic E-state index is -2.66. The van der Waals surface area contributed by atoms with Gasteiger partial charge in [0.25, 0.3) is 0 Å². The molecule has 3 atom stereocenters. The monoisotopic (exact) mass is 516 g/mol. The predicted octanol–water partition coefficient (Wildman–Crippen LogP) is 2.84. The van der Waals surface area contributed by atoms with E-state index in [-0.39, 0.29) is 18.5 Å². The van der Waals surface area contributed by atoms with Gasteiger partial charge < -0.3 is 34.5 Å². The molecular formula is C16H40O9Si5. The van der Waals surface area contributed by atoms with Crippen LogP contribution in [0.25, 0.3) is 0 Å².